The molecule has 4 aliphatic rings. The largest absolute Gasteiger partial charge is 0.461 e. The fraction of sp³-hybridized carbons (Fsp3) is 0.923. The average molecular weight is 238 g/mol. The standard InChI is InChI=1S/C13H18O2S/c1-6(14)15-12-9-4-7-2-3-8-5-16-13(12)11(8)10(7)9/h7-13H,2-5H2,1H3/t7-,8+,9+,10-,11+,12+,13+/m0/s1. The zero-order chi connectivity index (χ0) is 10.9. The molecule has 0 spiro atoms. The molecule has 0 radical (unpaired) electrons. The minimum atomic E-state index is -0.0730. The molecule has 4 fully saturated rings. The number of carbonyl (C=O) groups is 1. The minimum absolute atomic E-state index is 0.0730. The summed E-state index contributed by atoms with van der Waals surface area (Å²) in [4.78, 5) is 11.2. The van der Waals surface area contributed by atoms with Crippen molar-refractivity contribution in [3.8, 4) is 0 Å². The summed E-state index contributed by atoms with van der Waals surface area (Å²) in [6.07, 6.45) is 4.48. The lowest BCUT2D eigenvalue weighted by atomic mass is 9.56. The quantitative estimate of drug-likeness (QED) is 0.656. The van der Waals surface area contributed by atoms with Gasteiger partial charge in [-0.1, -0.05) is 0 Å². The molecule has 88 valence electrons. The molecule has 0 N–H and O–H groups in total. The van der Waals surface area contributed by atoms with Crippen molar-refractivity contribution in [2.75, 3.05) is 5.75 Å². The van der Waals surface area contributed by atoms with Crippen LogP contribution in [-0.4, -0.2) is 23.1 Å². The summed E-state index contributed by atoms with van der Waals surface area (Å²) in [6, 6.07) is 0. The fourth-order valence-corrected chi connectivity index (χ4v) is 6.88. The van der Waals surface area contributed by atoms with Crippen molar-refractivity contribution in [2.24, 2.45) is 29.6 Å². The van der Waals surface area contributed by atoms with Gasteiger partial charge in [-0.2, -0.15) is 11.8 Å². The van der Waals surface area contributed by atoms with Crippen LogP contribution in [0.4, 0.5) is 0 Å². The maximum atomic E-state index is 11.2. The van der Waals surface area contributed by atoms with Crippen LogP contribution in [0.15, 0.2) is 0 Å². The van der Waals surface area contributed by atoms with E-state index in [-0.39, 0.29) is 12.1 Å². The van der Waals surface area contributed by atoms with Crippen LogP contribution in [-0.2, 0) is 9.53 Å². The van der Waals surface area contributed by atoms with Gasteiger partial charge in [0.05, 0.1) is 0 Å². The van der Waals surface area contributed by atoms with E-state index in [1.807, 2.05) is 0 Å². The molecule has 0 aromatic carbocycles. The summed E-state index contributed by atoms with van der Waals surface area (Å²) in [5.41, 5.74) is 0. The topological polar surface area (TPSA) is 26.3 Å². The van der Waals surface area contributed by atoms with Crippen molar-refractivity contribution in [3.05, 3.63) is 0 Å². The van der Waals surface area contributed by atoms with Crippen molar-refractivity contribution < 1.29 is 9.53 Å². The molecule has 1 aliphatic heterocycles. The molecule has 0 aromatic heterocycles. The maximum absolute atomic E-state index is 11.2. The smallest absolute Gasteiger partial charge is 0.302 e. The van der Waals surface area contributed by atoms with E-state index in [9.17, 15) is 4.79 Å². The highest BCUT2D eigenvalue weighted by atomic mass is 32.2. The van der Waals surface area contributed by atoms with Crippen LogP contribution < -0.4 is 0 Å². The highest BCUT2D eigenvalue weighted by Crippen LogP contribution is 2.67. The van der Waals surface area contributed by atoms with Gasteiger partial charge in [-0.05, 0) is 48.7 Å². The summed E-state index contributed by atoms with van der Waals surface area (Å²) in [5.74, 6) is 5.71. The van der Waals surface area contributed by atoms with E-state index in [0.29, 0.717) is 5.25 Å². The number of thioether (sulfide) groups is 1. The Balaban J connectivity index is 1.65. The van der Waals surface area contributed by atoms with E-state index in [1.165, 1.54) is 25.0 Å². The van der Waals surface area contributed by atoms with Crippen molar-refractivity contribution in [1.29, 1.82) is 0 Å². The van der Waals surface area contributed by atoms with E-state index in [1.54, 1.807) is 6.92 Å². The first-order chi connectivity index (χ1) is 7.75. The molecule has 0 bridgehead atoms. The van der Waals surface area contributed by atoms with Gasteiger partial charge in [-0.25, -0.2) is 0 Å². The SMILES string of the molecule is CC(=O)O[C@@H]1[C@@H]2C[C@@H]3CC[C@@H]4CS[C@@H]1[C@H]4[C@@H]32. The van der Waals surface area contributed by atoms with Crippen LogP contribution in [0.5, 0.6) is 0 Å². The Morgan fingerprint density at radius 2 is 2.06 bits per heavy atom. The van der Waals surface area contributed by atoms with Crippen molar-refractivity contribution >= 4 is 17.7 Å². The summed E-state index contributed by atoms with van der Waals surface area (Å²) < 4.78 is 5.62. The van der Waals surface area contributed by atoms with Crippen LogP contribution in [0.1, 0.15) is 26.2 Å². The van der Waals surface area contributed by atoms with Crippen molar-refractivity contribution in [2.45, 2.75) is 37.5 Å². The van der Waals surface area contributed by atoms with Crippen LogP contribution in [0.2, 0.25) is 0 Å². The first kappa shape index (κ1) is 9.81. The molecular weight excluding hydrogens is 220 g/mol. The van der Waals surface area contributed by atoms with Crippen LogP contribution in [0.3, 0.4) is 0 Å². The molecule has 0 unspecified atom stereocenters. The highest BCUT2D eigenvalue weighted by molar-refractivity contribution is 8.00. The number of ether oxygens (including phenoxy) is 1. The monoisotopic (exact) mass is 238 g/mol. The zero-order valence-corrected chi connectivity index (χ0v) is 10.4. The Kier molecular flexibility index (Phi) is 1.95. The molecule has 3 heteroatoms. The summed E-state index contributed by atoms with van der Waals surface area (Å²) in [5, 5.41) is 0.647. The van der Waals surface area contributed by atoms with Gasteiger partial charge in [0, 0.05) is 18.1 Å². The van der Waals surface area contributed by atoms with Crippen LogP contribution in [0, 0.1) is 29.6 Å². The predicted molar refractivity (Wildman–Crippen MR) is 63.1 cm³/mol. The van der Waals surface area contributed by atoms with E-state index in [0.717, 1.165) is 29.6 Å². The Morgan fingerprint density at radius 1 is 1.25 bits per heavy atom. The lowest BCUT2D eigenvalue weighted by molar-refractivity contribution is -0.151. The average Bonchev–Trinajstić information content (AvgIpc) is 2.69. The first-order valence-electron chi connectivity index (χ1n) is 6.54. The molecule has 3 aliphatic carbocycles. The molecule has 0 amide bonds. The van der Waals surface area contributed by atoms with Crippen molar-refractivity contribution in [1.82, 2.24) is 0 Å². The van der Waals surface area contributed by atoms with Gasteiger partial charge in [0.25, 0.3) is 0 Å². The lowest BCUT2D eigenvalue weighted by Crippen LogP contribution is -2.45. The predicted octanol–water partition coefficient (Wildman–Crippen LogP) is 2.33. The molecule has 4 rings (SSSR count). The number of rotatable bonds is 1. The molecule has 16 heavy (non-hydrogen) atoms. The summed E-state index contributed by atoms with van der Waals surface area (Å²) >= 11 is 2.09. The molecule has 1 heterocycles. The molecular formula is C13H18O2S. The van der Waals surface area contributed by atoms with Gasteiger partial charge in [0.2, 0.25) is 0 Å². The molecule has 3 saturated carbocycles. The number of hydrogen-bond acceptors (Lipinski definition) is 3. The fourth-order valence-electron chi connectivity index (χ4n) is 4.95. The van der Waals surface area contributed by atoms with Gasteiger partial charge in [0.15, 0.2) is 0 Å². The normalized spacial score (nSPS) is 56.7. The number of carbonyl (C=O) groups excluding carboxylic acids is 1. The molecule has 7 atom stereocenters. The molecule has 1 saturated heterocycles. The Morgan fingerprint density at radius 3 is 2.88 bits per heavy atom. The summed E-state index contributed by atoms with van der Waals surface area (Å²) in [6.45, 7) is 1.56. The summed E-state index contributed by atoms with van der Waals surface area (Å²) in [7, 11) is 0. The lowest BCUT2D eigenvalue weighted by Gasteiger charge is -2.49. The third-order valence-corrected chi connectivity index (χ3v) is 7.03. The van der Waals surface area contributed by atoms with Gasteiger partial charge < -0.3 is 4.74 Å². The Labute approximate surface area is 100 Å². The number of esters is 1. The van der Waals surface area contributed by atoms with Crippen LogP contribution >= 0.6 is 11.8 Å². The highest BCUT2D eigenvalue weighted by Gasteiger charge is 2.65. The second kappa shape index (κ2) is 3.18. The van der Waals surface area contributed by atoms with E-state index in [4.69, 9.17) is 4.74 Å². The van der Waals surface area contributed by atoms with Gasteiger partial charge >= 0.3 is 5.97 Å². The maximum Gasteiger partial charge on any atom is 0.302 e. The third-order valence-electron chi connectivity index (χ3n) is 5.44. The third kappa shape index (κ3) is 1.08. The van der Waals surface area contributed by atoms with Gasteiger partial charge in [-0.15, -0.1) is 0 Å². The first-order valence-corrected chi connectivity index (χ1v) is 7.59. The second-order valence-corrected chi connectivity index (χ2v) is 7.23. The Hall–Kier alpha value is -0.180. The molecule has 2 nitrogen and oxygen atoms in total. The minimum Gasteiger partial charge on any atom is -0.461 e. The Bertz CT molecular complexity index is 343. The van der Waals surface area contributed by atoms with E-state index < -0.39 is 0 Å². The van der Waals surface area contributed by atoms with E-state index in [2.05, 4.69) is 11.8 Å². The van der Waals surface area contributed by atoms with Crippen molar-refractivity contribution in [3.63, 3.8) is 0 Å². The van der Waals surface area contributed by atoms with Gasteiger partial charge in [-0.3, -0.25) is 4.79 Å². The second-order valence-electron chi connectivity index (χ2n) is 6.02. The zero-order valence-electron chi connectivity index (χ0n) is 9.59. The van der Waals surface area contributed by atoms with E-state index >= 15 is 0 Å². The van der Waals surface area contributed by atoms with Crippen LogP contribution in [0.25, 0.3) is 0 Å². The number of hydrogen-bond donors (Lipinski definition) is 0. The molecule has 0 aromatic rings. The van der Waals surface area contributed by atoms with Gasteiger partial charge in [0.1, 0.15) is 6.10 Å².